The van der Waals surface area contributed by atoms with E-state index in [-0.39, 0.29) is 19.0 Å². The van der Waals surface area contributed by atoms with Crippen molar-refractivity contribution in [2.45, 2.75) is 13.5 Å². The number of ether oxygens (including phenoxy) is 2. The zero-order chi connectivity index (χ0) is 19.6. The number of carbonyl (C=O) groups excluding carboxylic acids is 3. The minimum atomic E-state index is -0.623. The summed E-state index contributed by atoms with van der Waals surface area (Å²) in [6.45, 7) is 2.02. The van der Waals surface area contributed by atoms with Crippen molar-refractivity contribution in [1.29, 1.82) is 0 Å². The van der Waals surface area contributed by atoms with Crippen LogP contribution < -0.4 is 10.1 Å². The van der Waals surface area contributed by atoms with Crippen LogP contribution >= 0.6 is 0 Å². The van der Waals surface area contributed by atoms with Crippen LogP contribution in [0, 0.1) is 0 Å². The molecule has 27 heavy (non-hydrogen) atoms. The third-order valence-electron chi connectivity index (χ3n) is 3.57. The zero-order valence-electron chi connectivity index (χ0n) is 15.3. The molecule has 8 nitrogen and oxygen atoms in total. The van der Waals surface area contributed by atoms with E-state index in [9.17, 15) is 14.4 Å². The Morgan fingerprint density at radius 1 is 1.15 bits per heavy atom. The summed E-state index contributed by atoms with van der Waals surface area (Å²) in [4.78, 5) is 37.0. The second-order valence-electron chi connectivity index (χ2n) is 5.64. The van der Waals surface area contributed by atoms with Gasteiger partial charge in [0.25, 0.3) is 5.91 Å². The molecular weight excluding hydrogens is 352 g/mol. The average molecular weight is 374 g/mol. The average Bonchev–Trinajstić information content (AvgIpc) is 3.18. The van der Waals surface area contributed by atoms with Crippen molar-refractivity contribution in [1.82, 2.24) is 10.2 Å². The van der Waals surface area contributed by atoms with Crippen LogP contribution in [0.1, 0.15) is 23.0 Å². The molecule has 0 bridgehead atoms. The van der Waals surface area contributed by atoms with E-state index >= 15 is 0 Å². The molecule has 1 aromatic heterocycles. The molecule has 0 atom stereocenters. The Morgan fingerprint density at radius 3 is 2.52 bits per heavy atom. The van der Waals surface area contributed by atoms with Crippen LogP contribution in [0.2, 0.25) is 0 Å². The van der Waals surface area contributed by atoms with Crippen LogP contribution in [0.25, 0.3) is 0 Å². The van der Waals surface area contributed by atoms with E-state index in [4.69, 9.17) is 13.9 Å². The van der Waals surface area contributed by atoms with E-state index < -0.39 is 18.5 Å². The minimum Gasteiger partial charge on any atom is -0.494 e. The van der Waals surface area contributed by atoms with E-state index in [2.05, 4.69) is 5.32 Å². The van der Waals surface area contributed by atoms with Crippen molar-refractivity contribution in [3.63, 3.8) is 0 Å². The van der Waals surface area contributed by atoms with Crippen LogP contribution in [0.5, 0.6) is 5.75 Å². The highest BCUT2D eigenvalue weighted by Crippen LogP contribution is 2.12. The first-order valence-electron chi connectivity index (χ1n) is 8.42. The number of carbonyl (C=O) groups is 3. The van der Waals surface area contributed by atoms with Gasteiger partial charge in [0.15, 0.2) is 6.61 Å². The molecule has 2 amide bonds. The number of likely N-dealkylation sites (N-methyl/N-ethyl adjacent to an activating group) is 1. The monoisotopic (exact) mass is 374 g/mol. The van der Waals surface area contributed by atoms with Gasteiger partial charge in [0, 0.05) is 7.05 Å². The SMILES string of the molecule is CCOc1ccc(C(=O)OCC(=O)N(C)CC(=O)NCc2ccco2)cc1. The molecule has 0 radical (unpaired) electrons. The van der Waals surface area contributed by atoms with Gasteiger partial charge < -0.3 is 24.1 Å². The molecule has 0 spiro atoms. The number of hydrogen-bond acceptors (Lipinski definition) is 6. The van der Waals surface area contributed by atoms with Crippen molar-refractivity contribution in [2.75, 3.05) is 26.8 Å². The Morgan fingerprint density at radius 2 is 1.89 bits per heavy atom. The molecule has 144 valence electrons. The second-order valence-corrected chi connectivity index (χ2v) is 5.64. The quantitative estimate of drug-likeness (QED) is 0.670. The second kappa shape index (κ2) is 10.0. The fourth-order valence-electron chi connectivity index (χ4n) is 2.13. The summed E-state index contributed by atoms with van der Waals surface area (Å²) >= 11 is 0. The maximum atomic E-state index is 12.0. The number of furan rings is 1. The van der Waals surface area contributed by atoms with E-state index in [0.29, 0.717) is 23.7 Å². The lowest BCUT2D eigenvalue weighted by Crippen LogP contribution is -2.39. The molecule has 0 aliphatic rings. The lowest BCUT2D eigenvalue weighted by Gasteiger charge is -2.16. The van der Waals surface area contributed by atoms with Crippen LogP contribution in [0.4, 0.5) is 0 Å². The first-order valence-corrected chi connectivity index (χ1v) is 8.42. The molecule has 0 saturated carbocycles. The van der Waals surface area contributed by atoms with Gasteiger partial charge in [-0.15, -0.1) is 0 Å². The smallest absolute Gasteiger partial charge is 0.338 e. The van der Waals surface area contributed by atoms with Crippen molar-refractivity contribution in [3.8, 4) is 5.75 Å². The number of rotatable bonds is 9. The summed E-state index contributed by atoms with van der Waals surface area (Å²) in [5, 5.41) is 2.63. The fourth-order valence-corrected chi connectivity index (χ4v) is 2.13. The summed E-state index contributed by atoms with van der Waals surface area (Å²) in [6, 6.07) is 9.87. The first-order chi connectivity index (χ1) is 13.0. The molecule has 1 aromatic carbocycles. The van der Waals surface area contributed by atoms with Gasteiger partial charge in [0.1, 0.15) is 11.5 Å². The molecule has 2 rings (SSSR count). The lowest BCUT2D eigenvalue weighted by molar-refractivity contribution is -0.137. The number of benzene rings is 1. The van der Waals surface area contributed by atoms with Crippen molar-refractivity contribution in [2.24, 2.45) is 0 Å². The standard InChI is InChI=1S/C19H22N2O6/c1-3-25-15-8-6-14(7-9-15)19(24)27-13-18(23)21(2)12-17(22)20-11-16-5-4-10-26-16/h4-10H,3,11-13H2,1-2H3,(H,20,22). The Kier molecular flexibility index (Phi) is 7.42. The van der Waals surface area contributed by atoms with Gasteiger partial charge in [0.05, 0.1) is 31.5 Å². The summed E-state index contributed by atoms with van der Waals surface area (Å²) < 4.78 is 15.4. The zero-order valence-corrected chi connectivity index (χ0v) is 15.3. The van der Waals surface area contributed by atoms with Gasteiger partial charge in [0.2, 0.25) is 5.91 Å². The molecule has 0 fully saturated rings. The van der Waals surface area contributed by atoms with E-state index in [1.807, 2.05) is 6.92 Å². The Balaban J connectivity index is 1.73. The van der Waals surface area contributed by atoms with Crippen LogP contribution in [0.15, 0.2) is 47.1 Å². The molecule has 0 unspecified atom stereocenters. The summed E-state index contributed by atoms with van der Waals surface area (Å²) in [5.74, 6) is -0.198. The highest BCUT2D eigenvalue weighted by molar-refractivity contribution is 5.92. The molecule has 0 aliphatic carbocycles. The summed E-state index contributed by atoms with van der Waals surface area (Å²) in [6.07, 6.45) is 1.51. The molecule has 1 N–H and O–H groups in total. The highest BCUT2D eigenvalue weighted by Gasteiger charge is 2.16. The Labute approximate surface area is 157 Å². The predicted octanol–water partition coefficient (Wildman–Crippen LogP) is 1.61. The molecule has 2 aromatic rings. The van der Waals surface area contributed by atoms with Crippen molar-refractivity contribution in [3.05, 3.63) is 54.0 Å². The highest BCUT2D eigenvalue weighted by atomic mass is 16.5. The van der Waals surface area contributed by atoms with Crippen LogP contribution in [0.3, 0.4) is 0 Å². The minimum absolute atomic E-state index is 0.153. The number of amides is 2. The van der Waals surface area contributed by atoms with Gasteiger partial charge in [-0.3, -0.25) is 9.59 Å². The molecule has 8 heteroatoms. The Bertz CT molecular complexity index is 755. The largest absolute Gasteiger partial charge is 0.494 e. The third kappa shape index (κ3) is 6.50. The van der Waals surface area contributed by atoms with Gasteiger partial charge in [-0.05, 0) is 43.3 Å². The van der Waals surface area contributed by atoms with Crippen LogP contribution in [-0.2, 0) is 20.9 Å². The molecular formula is C19H22N2O6. The van der Waals surface area contributed by atoms with Crippen molar-refractivity contribution < 1.29 is 28.3 Å². The maximum absolute atomic E-state index is 12.0. The number of hydrogen-bond donors (Lipinski definition) is 1. The van der Waals surface area contributed by atoms with Gasteiger partial charge in [-0.1, -0.05) is 0 Å². The summed E-state index contributed by atoms with van der Waals surface area (Å²) in [7, 11) is 1.46. The lowest BCUT2D eigenvalue weighted by atomic mass is 10.2. The van der Waals surface area contributed by atoms with Crippen molar-refractivity contribution >= 4 is 17.8 Å². The number of nitrogens with one attached hydrogen (secondary N) is 1. The number of esters is 1. The van der Waals surface area contributed by atoms with Gasteiger partial charge in [-0.25, -0.2) is 4.79 Å². The molecule has 0 aliphatic heterocycles. The summed E-state index contributed by atoms with van der Waals surface area (Å²) in [5.41, 5.74) is 0.310. The Hall–Kier alpha value is -3.29. The predicted molar refractivity (Wildman–Crippen MR) is 96.1 cm³/mol. The number of nitrogens with zero attached hydrogens (tertiary/aromatic N) is 1. The van der Waals surface area contributed by atoms with E-state index in [1.165, 1.54) is 18.2 Å². The van der Waals surface area contributed by atoms with E-state index in [1.54, 1.807) is 36.4 Å². The first kappa shape index (κ1) is 20.0. The van der Waals surface area contributed by atoms with Gasteiger partial charge in [-0.2, -0.15) is 0 Å². The third-order valence-corrected chi connectivity index (χ3v) is 3.57. The molecule has 1 heterocycles. The molecule has 0 saturated heterocycles. The topological polar surface area (TPSA) is 98.1 Å². The van der Waals surface area contributed by atoms with Gasteiger partial charge >= 0.3 is 5.97 Å². The fraction of sp³-hybridized carbons (Fsp3) is 0.316. The maximum Gasteiger partial charge on any atom is 0.338 e. The van der Waals surface area contributed by atoms with E-state index in [0.717, 1.165) is 0 Å². The van der Waals surface area contributed by atoms with Crippen LogP contribution in [-0.4, -0.2) is 49.5 Å². The normalized spacial score (nSPS) is 10.1.